The van der Waals surface area contributed by atoms with Crippen molar-refractivity contribution < 1.29 is 22.7 Å². The van der Waals surface area contributed by atoms with E-state index < -0.39 is 12.1 Å². The monoisotopic (exact) mass is 234 g/mol. The summed E-state index contributed by atoms with van der Waals surface area (Å²) >= 11 is 0. The molecular formula is C11H13F3O2. The molecule has 0 heterocycles. The van der Waals surface area contributed by atoms with E-state index in [0.717, 1.165) is 37.5 Å². The molecule has 0 spiro atoms. The molecule has 90 valence electrons. The highest BCUT2D eigenvalue weighted by atomic mass is 19.4. The molecule has 1 rings (SSSR count). The number of ether oxygens (including phenoxy) is 1. The van der Waals surface area contributed by atoms with E-state index in [9.17, 15) is 18.0 Å². The predicted octanol–water partition coefficient (Wildman–Crippen LogP) is 3.50. The average Bonchev–Trinajstić information content (AvgIpc) is 2.25. The molecule has 0 aromatic rings. The lowest BCUT2D eigenvalue weighted by molar-refractivity contribution is -0.193. The van der Waals surface area contributed by atoms with Crippen LogP contribution in [-0.4, -0.2) is 12.1 Å². The maximum Gasteiger partial charge on any atom is 0.491 e. The number of hydrogen-bond donors (Lipinski definition) is 0. The minimum absolute atomic E-state index is 0.581. The van der Waals surface area contributed by atoms with Gasteiger partial charge >= 0.3 is 12.1 Å². The second-order valence-corrected chi connectivity index (χ2v) is 3.68. The van der Waals surface area contributed by atoms with Gasteiger partial charge in [-0.2, -0.15) is 13.2 Å². The summed E-state index contributed by atoms with van der Waals surface area (Å²) in [6, 6.07) is 0. The van der Waals surface area contributed by atoms with Gasteiger partial charge in [0.15, 0.2) is 0 Å². The third kappa shape index (κ3) is 3.72. The number of alkyl halides is 3. The summed E-state index contributed by atoms with van der Waals surface area (Å²) in [6.07, 6.45) is 1.78. The van der Waals surface area contributed by atoms with Crippen LogP contribution in [0, 0.1) is 0 Å². The van der Waals surface area contributed by atoms with Crippen molar-refractivity contribution in [2.45, 2.75) is 38.8 Å². The lowest BCUT2D eigenvalue weighted by Gasteiger charge is -2.12. The van der Waals surface area contributed by atoms with Gasteiger partial charge in [0.2, 0.25) is 0 Å². The Balaban J connectivity index is 2.57. The molecule has 0 fully saturated rings. The lowest BCUT2D eigenvalue weighted by Crippen LogP contribution is -2.23. The molecule has 0 atom stereocenters. The highest BCUT2D eigenvalue weighted by Crippen LogP contribution is 2.24. The standard InChI is InChI=1S/C11H13F3O2/c1-8(9-5-3-2-4-6-9)7-16-10(15)11(12,13)14/h5,7H,2-4,6H2,1H3/b8-7+. The number of hydrogen-bond acceptors (Lipinski definition) is 2. The summed E-state index contributed by atoms with van der Waals surface area (Å²) in [4.78, 5) is 10.4. The lowest BCUT2D eigenvalue weighted by atomic mass is 9.95. The van der Waals surface area contributed by atoms with Crippen LogP contribution in [0.4, 0.5) is 13.2 Å². The Morgan fingerprint density at radius 2 is 2.12 bits per heavy atom. The minimum atomic E-state index is -4.93. The Morgan fingerprint density at radius 3 is 2.62 bits per heavy atom. The first-order valence-electron chi connectivity index (χ1n) is 5.05. The van der Waals surface area contributed by atoms with Crippen LogP contribution in [-0.2, 0) is 9.53 Å². The van der Waals surface area contributed by atoms with Gasteiger partial charge in [0.25, 0.3) is 0 Å². The van der Waals surface area contributed by atoms with E-state index in [0.29, 0.717) is 5.57 Å². The Labute approximate surface area is 91.8 Å². The zero-order valence-corrected chi connectivity index (χ0v) is 8.93. The molecule has 0 aliphatic heterocycles. The van der Waals surface area contributed by atoms with Gasteiger partial charge in [0.05, 0.1) is 6.26 Å². The van der Waals surface area contributed by atoms with Gasteiger partial charge in [-0.15, -0.1) is 0 Å². The quantitative estimate of drug-likeness (QED) is 0.540. The Hall–Kier alpha value is -1.26. The second-order valence-electron chi connectivity index (χ2n) is 3.68. The molecule has 16 heavy (non-hydrogen) atoms. The highest BCUT2D eigenvalue weighted by Gasteiger charge is 2.40. The average molecular weight is 234 g/mol. The fraction of sp³-hybridized carbons (Fsp3) is 0.545. The molecule has 0 saturated carbocycles. The molecule has 0 radical (unpaired) electrons. The van der Waals surface area contributed by atoms with Gasteiger partial charge in [-0.1, -0.05) is 6.08 Å². The molecule has 2 nitrogen and oxygen atoms in total. The predicted molar refractivity (Wildman–Crippen MR) is 52.5 cm³/mol. The molecule has 0 saturated heterocycles. The molecule has 0 aromatic carbocycles. The Morgan fingerprint density at radius 1 is 1.44 bits per heavy atom. The van der Waals surface area contributed by atoms with E-state index >= 15 is 0 Å². The van der Waals surface area contributed by atoms with E-state index in [4.69, 9.17) is 0 Å². The van der Waals surface area contributed by atoms with Crippen LogP contribution in [0.3, 0.4) is 0 Å². The molecule has 1 aliphatic carbocycles. The van der Waals surface area contributed by atoms with E-state index in [-0.39, 0.29) is 0 Å². The van der Waals surface area contributed by atoms with Crippen LogP contribution in [0.25, 0.3) is 0 Å². The molecule has 0 aromatic heterocycles. The zero-order valence-electron chi connectivity index (χ0n) is 8.93. The number of rotatable bonds is 2. The fourth-order valence-corrected chi connectivity index (χ4v) is 1.48. The van der Waals surface area contributed by atoms with Crippen LogP contribution in [0.15, 0.2) is 23.5 Å². The maximum atomic E-state index is 11.8. The summed E-state index contributed by atoms with van der Waals surface area (Å²) in [5.74, 6) is -2.18. The van der Waals surface area contributed by atoms with E-state index in [2.05, 4.69) is 4.74 Å². The highest BCUT2D eigenvalue weighted by molar-refractivity contribution is 5.76. The Bertz CT molecular complexity index is 327. The van der Waals surface area contributed by atoms with Crippen molar-refractivity contribution in [1.29, 1.82) is 0 Å². The van der Waals surface area contributed by atoms with E-state index in [1.165, 1.54) is 0 Å². The van der Waals surface area contributed by atoms with Crippen LogP contribution < -0.4 is 0 Å². The van der Waals surface area contributed by atoms with Crippen LogP contribution in [0.1, 0.15) is 32.6 Å². The van der Waals surface area contributed by atoms with Crippen molar-refractivity contribution in [3.8, 4) is 0 Å². The summed E-state index contributed by atoms with van der Waals surface area (Å²) in [5.41, 5.74) is 1.54. The van der Waals surface area contributed by atoms with Crippen molar-refractivity contribution in [2.24, 2.45) is 0 Å². The zero-order chi connectivity index (χ0) is 12.2. The van der Waals surface area contributed by atoms with Gasteiger partial charge in [-0.05, 0) is 43.8 Å². The molecule has 0 bridgehead atoms. The Kier molecular flexibility index (Phi) is 4.15. The van der Waals surface area contributed by atoms with Crippen molar-refractivity contribution in [1.82, 2.24) is 0 Å². The number of carbonyl (C=O) groups excluding carboxylic acids is 1. The molecular weight excluding hydrogens is 221 g/mol. The van der Waals surface area contributed by atoms with Crippen molar-refractivity contribution in [3.63, 3.8) is 0 Å². The van der Waals surface area contributed by atoms with E-state index in [1.54, 1.807) is 6.92 Å². The molecule has 5 heteroatoms. The van der Waals surface area contributed by atoms with Crippen molar-refractivity contribution in [2.75, 3.05) is 0 Å². The van der Waals surface area contributed by atoms with Crippen LogP contribution in [0.2, 0.25) is 0 Å². The van der Waals surface area contributed by atoms with Crippen LogP contribution >= 0.6 is 0 Å². The normalized spacial score (nSPS) is 18.0. The smallest absolute Gasteiger partial charge is 0.428 e. The largest absolute Gasteiger partial charge is 0.491 e. The maximum absolute atomic E-state index is 11.8. The van der Waals surface area contributed by atoms with Gasteiger partial charge in [-0.3, -0.25) is 0 Å². The molecule has 0 N–H and O–H groups in total. The number of carbonyl (C=O) groups is 1. The summed E-state index contributed by atoms with van der Waals surface area (Å²) in [7, 11) is 0. The van der Waals surface area contributed by atoms with Gasteiger partial charge < -0.3 is 4.74 Å². The van der Waals surface area contributed by atoms with Crippen molar-refractivity contribution in [3.05, 3.63) is 23.5 Å². The first-order valence-corrected chi connectivity index (χ1v) is 5.05. The molecule has 0 unspecified atom stereocenters. The molecule has 1 aliphatic rings. The van der Waals surface area contributed by atoms with Gasteiger partial charge in [0.1, 0.15) is 0 Å². The minimum Gasteiger partial charge on any atom is -0.428 e. The second kappa shape index (κ2) is 5.18. The first kappa shape index (κ1) is 12.8. The van der Waals surface area contributed by atoms with Gasteiger partial charge in [-0.25, -0.2) is 4.79 Å². The van der Waals surface area contributed by atoms with Crippen LogP contribution in [0.5, 0.6) is 0 Å². The van der Waals surface area contributed by atoms with Gasteiger partial charge in [0, 0.05) is 0 Å². The number of allylic oxidation sites excluding steroid dienone is 3. The summed E-state index contributed by atoms with van der Waals surface area (Å²) in [6.45, 7) is 1.64. The van der Waals surface area contributed by atoms with Crippen molar-refractivity contribution >= 4 is 5.97 Å². The van der Waals surface area contributed by atoms with E-state index in [1.807, 2.05) is 6.08 Å². The molecule has 0 amide bonds. The summed E-state index contributed by atoms with van der Waals surface area (Å²) in [5, 5.41) is 0. The first-order chi connectivity index (χ1) is 7.41. The topological polar surface area (TPSA) is 26.3 Å². The third-order valence-corrected chi connectivity index (χ3v) is 2.37. The number of halogens is 3. The third-order valence-electron chi connectivity index (χ3n) is 2.37. The number of esters is 1. The summed E-state index contributed by atoms with van der Waals surface area (Å²) < 4.78 is 39.5. The fourth-order valence-electron chi connectivity index (χ4n) is 1.48. The SMILES string of the molecule is C/C(=C\OC(=O)C(F)(F)F)C1=CCCCC1.